The van der Waals surface area contributed by atoms with E-state index in [0.29, 0.717) is 28.6 Å². The average molecular weight is 395 g/mol. The van der Waals surface area contributed by atoms with Crippen molar-refractivity contribution in [2.24, 2.45) is 0 Å². The van der Waals surface area contributed by atoms with Gasteiger partial charge in [0.05, 0.1) is 0 Å². The molecule has 28 heavy (non-hydrogen) atoms. The van der Waals surface area contributed by atoms with E-state index in [2.05, 4.69) is 10.6 Å². The Hall–Kier alpha value is -3.31. The second-order valence-corrected chi connectivity index (χ2v) is 6.48. The maximum Gasteiger partial charge on any atom is 0.258 e. The van der Waals surface area contributed by atoms with Crippen LogP contribution in [0.15, 0.2) is 78.9 Å². The van der Waals surface area contributed by atoms with E-state index < -0.39 is 0 Å². The molecule has 0 saturated heterocycles. The molecular weight excluding hydrogens is 376 g/mol. The van der Waals surface area contributed by atoms with Crippen molar-refractivity contribution in [3.8, 4) is 5.75 Å². The summed E-state index contributed by atoms with van der Waals surface area (Å²) in [4.78, 5) is 24.2. The molecule has 0 aromatic heterocycles. The van der Waals surface area contributed by atoms with Gasteiger partial charge in [-0.3, -0.25) is 9.59 Å². The Kier molecular flexibility index (Phi) is 6.65. The molecule has 0 saturated carbocycles. The third-order valence-electron chi connectivity index (χ3n) is 3.88. The predicted octanol–water partition coefficient (Wildman–Crippen LogP) is 4.29. The highest BCUT2D eigenvalue weighted by atomic mass is 35.5. The number of nitrogens with one attached hydrogen (secondary N) is 2. The Morgan fingerprint density at radius 3 is 2.46 bits per heavy atom. The molecule has 0 heterocycles. The smallest absolute Gasteiger partial charge is 0.258 e. The lowest BCUT2D eigenvalue weighted by atomic mass is 10.2. The minimum absolute atomic E-state index is 0.128. The minimum atomic E-state index is -0.251. The summed E-state index contributed by atoms with van der Waals surface area (Å²) >= 11 is 5.92. The van der Waals surface area contributed by atoms with Gasteiger partial charge in [-0.25, -0.2) is 0 Å². The van der Waals surface area contributed by atoms with E-state index >= 15 is 0 Å². The number of anilines is 1. The Morgan fingerprint density at radius 2 is 1.68 bits per heavy atom. The Bertz CT molecular complexity index is 961. The molecule has 0 spiro atoms. The molecule has 142 valence electrons. The van der Waals surface area contributed by atoms with Gasteiger partial charge in [0.1, 0.15) is 5.75 Å². The number of hydrogen-bond donors (Lipinski definition) is 2. The van der Waals surface area contributed by atoms with Gasteiger partial charge >= 0.3 is 0 Å². The Balaban J connectivity index is 1.50. The molecule has 2 amide bonds. The maximum atomic E-state index is 12.2. The quantitative estimate of drug-likeness (QED) is 0.628. The molecule has 0 aliphatic heterocycles. The summed E-state index contributed by atoms with van der Waals surface area (Å²) < 4.78 is 5.52. The van der Waals surface area contributed by atoms with E-state index in [1.54, 1.807) is 60.7 Å². The van der Waals surface area contributed by atoms with Crippen LogP contribution in [0.5, 0.6) is 5.75 Å². The normalized spacial score (nSPS) is 10.2. The fourth-order valence-electron chi connectivity index (χ4n) is 2.50. The number of benzene rings is 3. The van der Waals surface area contributed by atoms with Crippen LogP contribution in [-0.4, -0.2) is 18.4 Å². The molecule has 0 aliphatic carbocycles. The van der Waals surface area contributed by atoms with Crippen LogP contribution in [0.25, 0.3) is 0 Å². The standard InChI is InChI=1S/C22H19ClN2O3/c23-18-9-4-6-16(12-18)14-24-21(26)15-28-20-11-5-10-19(13-20)25-22(27)17-7-2-1-3-8-17/h1-13H,14-15H2,(H,24,26)(H,25,27). The van der Waals surface area contributed by atoms with Gasteiger partial charge in [0.2, 0.25) is 0 Å². The van der Waals surface area contributed by atoms with Crippen molar-refractivity contribution in [1.29, 1.82) is 0 Å². The summed E-state index contributed by atoms with van der Waals surface area (Å²) in [5.74, 6) is 0.0273. The largest absolute Gasteiger partial charge is 0.484 e. The lowest BCUT2D eigenvalue weighted by molar-refractivity contribution is -0.123. The summed E-state index contributed by atoms with van der Waals surface area (Å²) in [6, 6.07) is 23.1. The highest BCUT2D eigenvalue weighted by Crippen LogP contribution is 2.18. The summed E-state index contributed by atoms with van der Waals surface area (Å²) in [5.41, 5.74) is 2.06. The van der Waals surface area contributed by atoms with Crippen molar-refractivity contribution in [1.82, 2.24) is 5.32 Å². The van der Waals surface area contributed by atoms with Crippen LogP contribution in [0.2, 0.25) is 5.02 Å². The van der Waals surface area contributed by atoms with Gasteiger partial charge in [-0.15, -0.1) is 0 Å². The fourth-order valence-corrected chi connectivity index (χ4v) is 2.72. The van der Waals surface area contributed by atoms with E-state index in [4.69, 9.17) is 16.3 Å². The third-order valence-corrected chi connectivity index (χ3v) is 4.11. The molecule has 6 heteroatoms. The lowest BCUT2D eigenvalue weighted by Gasteiger charge is -2.10. The average Bonchev–Trinajstić information content (AvgIpc) is 2.72. The molecule has 3 aromatic rings. The highest BCUT2D eigenvalue weighted by molar-refractivity contribution is 6.30. The van der Waals surface area contributed by atoms with Crippen molar-refractivity contribution >= 4 is 29.1 Å². The number of hydrogen-bond acceptors (Lipinski definition) is 3. The van der Waals surface area contributed by atoms with Gasteiger partial charge in [-0.1, -0.05) is 48.0 Å². The zero-order valence-corrected chi connectivity index (χ0v) is 15.8. The number of carbonyl (C=O) groups is 2. The van der Waals surface area contributed by atoms with Crippen LogP contribution in [0.4, 0.5) is 5.69 Å². The summed E-state index contributed by atoms with van der Waals surface area (Å²) in [6.45, 7) is 0.243. The second-order valence-electron chi connectivity index (χ2n) is 6.04. The van der Waals surface area contributed by atoms with Gasteiger partial charge in [0.25, 0.3) is 11.8 Å². The molecule has 0 aliphatic rings. The van der Waals surface area contributed by atoms with E-state index in [1.807, 2.05) is 18.2 Å². The predicted molar refractivity (Wildman–Crippen MR) is 110 cm³/mol. The Morgan fingerprint density at radius 1 is 0.893 bits per heavy atom. The van der Waals surface area contributed by atoms with E-state index in [0.717, 1.165) is 5.56 Å². The lowest BCUT2D eigenvalue weighted by Crippen LogP contribution is -2.28. The first-order valence-corrected chi connectivity index (χ1v) is 9.08. The van der Waals surface area contributed by atoms with E-state index in [-0.39, 0.29) is 18.4 Å². The number of halogens is 1. The van der Waals surface area contributed by atoms with E-state index in [1.165, 1.54) is 0 Å². The molecule has 2 N–H and O–H groups in total. The van der Waals surface area contributed by atoms with Crippen molar-refractivity contribution < 1.29 is 14.3 Å². The van der Waals surface area contributed by atoms with Crippen molar-refractivity contribution in [3.63, 3.8) is 0 Å². The number of rotatable bonds is 7. The first-order chi connectivity index (χ1) is 13.6. The molecule has 5 nitrogen and oxygen atoms in total. The molecule has 0 fully saturated rings. The minimum Gasteiger partial charge on any atom is -0.484 e. The topological polar surface area (TPSA) is 67.4 Å². The first kappa shape index (κ1) is 19.5. The molecule has 0 unspecified atom stereocenters. The van der Waals surface area contributed by atoms with Crippen LogP contribution >= 0.6 is 11.6 Å². The number of amides is 2. The summed E-state index contributed by atoms with van der Waals surface area (Å²) in [5, 5.41) is 6.20. The zero-order chi connectivity index (χ0) is 19.8. The summed E-state index contributed by atoms with van der Waals surface area (Å²) in [7, 11) is 0. The Labute approximate surface area is 168 Å². The second kappa shape index (κ2) is 9.58. The monoisotopic (exact) mass is 394 g/mol. The van der Waals surface area contributed by atoms with Crippen molar-refractivity contribution in [2.45, 2.75) is 6.54 Å². The number of carbonyl (C=O) groups excluding carboxylic acids is 2. The third kappa shape index (κ3) is 5.86. The van der Waals surface area contributed by atoms with Crippen LogP contribution in [0.3, 0.4) is 0 Å². The molecule has 0 atom stereocenters. The molecule has 3 rings (SSSR count). The number of ether oxygens (including phenoxy) is 1. The highest BCUT2D eigenvalue weighted by Gasteiger charge is 2.07. The summed E-state index contributed by atoms with van der Waals surface area (Å²) in [6.07, 6.45) is 0. The van der Waals surface area contributed by atoms with Crippen LogP contribution in [-0.2, 0) is 11.3 Å². The molecule has 0 bridgehead atoms. The van der Waals surface area contributed by atoms with Gasteiger partial charge in [-0.05, 0) is 42.0 Å². The van der Waals surface area contributed by atoms with Gasteiger partial charge in [0.15, 0.2) is 6.61 Å². The van der Waals surface area contributed by atoms with Gasteiger partial charge < -0.3 is 15.4 Å². The SMILES string of the molecule is O=C(COc1cccc(NC(=O)c2ccccc2)c1)NCc1cccc(Cl)c1. The van der Waals surface area contributed by atoms with E-state index in [9.17, 15) is 9.59 Å². The molecule has 3 aromatic carbocycles. The van der Waals surface area contributed by atoms with Gasteiger partial charge in [0, 0.05) is 28.9 Å². The van der Waals surface area contributed by atoms with Crippen molar-refractivity contribution in [2.75, 3.05) is 11.9 Å². The fraction of sp³-hybridized carbons (Fsp3) is 0.0909. The molecule has 0 radical (unpaired) electrons. The van der Waals surface area contributed by atoms with Crippen molar-refractivity contribution in [3.05, 3.63) is 95.0 Å². The van der Waals surface area contributed by atoms with Crippen LogP contribution in [0, 0.1) is 0 Å². The molecular formula is C22H19ClN2O3. The van der Waals surface area contributed by atoms with Crippen LogP contribution in [0.1, 0.15) is 15.9 Å². The maximum absolute atomic E-state index is 12.2. The van der Waals surface area contributed by atoms with Crippen LogP contribution < -0.4 is 15.4 Å². The first-order valence-electron chi connectivity index (χ1n) is 8.70. The zero-order valence-electron chi connectivity index (χ0n) is 15.0. The van der Waals surface area contributed by atoms with Gasteiger partial charge in [-0.2, -0.15) is 0 Å².